The SMILES string of the molecule is Cc1cc(C)cc(N(c2cc3c4c(c2)Oc2ccccc2B4c2ccccc2O3)c2cc(C(C)(C)C)cc(N(c3cc(C)cc(C)c3)c3cc4c5c(c3)Oc3ccccc3B5c3ccccc3O4)c2Br)c1. The van der Waals surface area contributed by atoms with Crippen LogP contribution in [0.15, 0.2) is 174 Å². The number of hydrogen-bond acceptors (Lipinski definition) is 6. The van der Waals surface area contributed by atoms with Gasteiger partial charge in [0.15, 0.2) is 0 Å². The molecule has 0 saturated heterocycles. The third-order valence-electron chi connectivity index (χ3n) is 14.4. The number of benzene rings is 9. The van der Waals surface area contributed by atoms with Gasteiger partial charge in [-0.1, -0.05) is 106 Å². The average molecular weight is 988 g/mol. The molecule has 0 N–H and O–H groups in total. The van der Waals surface area contributed by atoms with E-state index in [9.17, 15) is 0 Å². The fraction of sp³-hybridized carbons (Fsp3) is 0.129. The molecule has 71 heavy (non-hydrogen) atoms. The number of rotatable bonds is 6. The Labute approximate surface area is 424 Å². The molecule has 0 atom stereocenters. The van der Waals surface area contributed by atoms with E-state index in [1.807, 2.05) is 24.3 Å². The van der Waals surface area contributed by atoms with Crippen molar-refractivity contribution >= 4 is 96.3 Å². The first-order valence-corrected chi connectivity index (χ1v) is 25.2. The normalized spacial score (nSPS) is 13.2. The lowest BCUT2D eigenvalue weighted by Crippen LogP contribution is -2.57. The van der Waals surface area contributed by atoms with E-state index in [-0.39, 0.29) is 18.8 Å². The molecule has 4 aliphatic rings. The van der Waals surface area contributed by atoms with E-state index >= 15 is 0 Å². The Balaban J connectivity index is 1.06. The van der Waals surface area contributed by atoms with Gasteiger partial charge in [0.2, 0.25) is 0 Å². The molecule has 0 spiro atoms. The first-order valence-electron chi connectivity index (χ1n) is 24.4. The second-order valence-electron chi connectivity index (χ2n) is 20.6. The summed E-state index contributed by atoms with van der Waals surface area (Å²) >= 11 is 4.39. The minimum atomic E-state index is -0.268. The second kappa shape index (κ2) is 16.2. The largest absolute Gasteiger partial charge is 0.458 e. The number of ether oxygens (including phenoxy) is 4. The zero-order chi connectivity index (χ0) is 48.4. The zero-order valence-electron chi connectivity index (χ0n) is 40.7. The Kier molecular flexibility index (Phi) is 9.92. The molecule has 344 valence electrons. The molecule has 0 aliphatic carbocycles. The van der Waals surface area contributed by atoms with Crippen molar-refractivity contribution in [2.24, 2.45) is 0 Å². The van der Waals surface area contributed by atoms with Crippen LogP contribution in [0.5, 0.6) is 46.0 Å². The Morgan fingerprint density at radius 1 is 0.366 bits per heavy atom. The number of anilines is 6. The van der Waals surface area contributed by atoms with Crippen molar-refractivity contribution in [2.45, 2.75) is 53.9 Å². The van der Waals surface area contributed by atoms with Crippen LogP contribution in [0.1, 0.15) is 48.6 Å². The molecule has 0 saturated carbocycles. The first kappa shape index (κ1) is 43.4. The molecule has 13 rings (SSSR count). The molecule has 9 aromatic carbocycles. The van der Waals surface area contributed by atoms with Crippen molar-refractivity contribution in [3.8, 4) is 46.0 Å². The van der Waals surface area contributed by atoms with Gasteiger partial charge in [-0.2, -0.15) is 0 Å². The Hall–Kier alpha value is -7.61. The van der Waals surface area contributed by atoms with E-state index in [2.05, 4.69) is 220 Å². The number of nitrogens with zero attached hydrogens (tertiary/aromatic N) is 2. The summed E-state index contributed by atoms with van der Waals surface area (Å²) in [4.78, 5) is 4.73. The van der Waals surface area contributed by atoms with E-state index in [0.717, 1.165) is 145 Å². The molecule has 9 aromatic rings. The van der Waals surface area contributed by atoms with Crippen LogP contribution in [0, 0.1) is 27.7 Å². The van der Waals surface area contributed by atoms with Crippen LogP contribution < -0.4 is 61.5 Å². The molecule has 0 unspecified atom stereocenters. The van der Waals surface area contributed by atoms with Crippen LogP contribution in [0.25, 0.3) is 0 Å². The van der Waals surface area contributed by atoms with Gasteiger partial charge in [0.1, 0.15) is 46.0 Å². The predicted molar refractivity (Wildman–Crippen MR) is 297 cm³/mol. The van der Waals surface area contributed by atoms with Crippen LogP contribution in [-0.2, 0) is 5.41 Å². The first-order chi connectivity index (χ1) is 34.3. The van der Waals surface area contributed by atoms with E-state index in [1.54, 1.807) is 0 Å². The lowest BCUT2D eigenvalue weighted by Gasteiger charge is -2.37. The van der Waals surface area contributed by atoms with E-state index in [0.29, 0.717) is 0 Å². The van der Waals surface area contributed by atoms with Crippen molar-refractivity contribution in [1.82, 2.24) is 0 Å². The van der Waals surface area contributed by atoms with Crippen LogP contribution in [0.2, 0.25) is 0 Å². The fourth-order valence-corrected chi connectivity index (χ4v) is 12.0. The Morgan fingerprint density at radius 2 is 0.648 bits per heavy atom. The van der Waals surface area contributed by atoms with Crippen molar-refractivity contribution in [1.29, 1.82) is 0 Å². The standard InChI is InChI=1S/C62H49B2BrN2O4/c1-36-24-37(2)27-41(26-36)66(43-32-55-59-56(33-43)69-52-21-13-9-17-46(52)63(59)45-16-8-12-20-51(45)68-55)49-30-40(62(5,6)7)31-50(61(49)65)67(42-28-38(3)25-39(4)29-42)44-34-57-60-58(35-44)71-54-23-15-11-19-48(54)64(60)47-18-10-14-22-53(47)70-57/h8-35H,1-7H3. The predicted octanol–water partition coefficient (Wildman–Crippen LogP) is 13.4. The van der Waals surface area contributed by atoms with Crippen molar-refractivity contribution in [3.63, 3.8) is 0 Å². The summed E-state index contributed by atoms with van der Waals surface area (Å²) in [6, 6.07) is 60.5. The maximum Gasteiger partial charge on any atom is 0.260 e. The molecular weight excluding hydrogens is 938 g/mol. The van der Waals surface area contributed by atoms with Crippen LogP contribution in [-0.4, -0.2) is 13.4 Å². The lowest BCUT2D eigenvalue weighted by molar-refractivity contribution is 0.464. The maximum atomic E-state index is 6.93. The van der Waals surface area contributed by atoms with Gasteiger partial charge in [0, 0.05) is 46.6 Å². The molecule has 0 fully saturated rings. The molecule has 0 aromatic heterocycles. The minimum absolute atomic E-state index is 0.0421. The summed E-state index contributed by atoms with van der Waals surface area (Å²) in [6.07, 6.45) is 0. The topological polar surface area (TPSA) is 43.4 Å². The third-order valence-corrected chi connectivity index (χ3v) is 15.2. The summed E-state index contributed by atoms with van der Waals surface area (Å²) in [5, 5.41) is 0. The highest BCUT2D eigenvalue weighted by atomic mass is 79.9. The number of aryl methyl sites for hydroxylation is 4. The average Bonchev–Trinajstić information content (AvgIpc) is 3.34. The van der Waals surface area contributed by atoms with Crippen molar-refractivity contribution in [2.75, 3.05) is 9.80 Å². The minimum Gasteiger partial charge on any atom is -0.458 e. The summed E-state index contributed by atoms with van der Waals surface area (Å²) in [6.45, 7) is 15.4. The lowest BCUT2D eigenvalue weighted by atomic mass is 9.35. The Bertz CT molecular complexity index is 3300. The maximum absolute atomic E-state index is 6.93. The van der Waals surface area contributed by atoms with Crippen LogP contribution in [0.4, 0.5) is 34.1 Å². The molecule has 4 aliphatic heterocycles. The monoisotopic (exact) mass is 986 g/mol. The van der Waals surface area contributed by atoms with Crippen LogP contribution >= 0.6 is 15.9 Å². The molecule has 0 radical (unpaired) electrons. The molecular formula is C62H49B2BrN2O4. The quantitative estimate of drug-likeness (QED) is 0.155. The molecule has 0 amide bonds. The van der Waals surface area contributed by atoms with Crippen molar-refractivity contribution in [3.05, 3.63) is 202 Å². The highest BCUT2D eigenvalue weighted by molar-refractivity contribution is 9.10. The van der Waals surface area contributed by atoms with Gasteiger partial charge in [-0.3, -0.25) is 0 Å². The zero-order valence-corrected chi connectivity index (χ0v) is 42.3. The smallest absolute Gasteiger partial charge is 0.260 e. The fourth-order valence-electron chi connectivity index (χ4n) is 11.4. The summed E-state index contributed by atoms with van der Waals surface area (Å²) in [5.41, 5.74) is 17.8. The van der Waals surface area contributed by atoms with Gasteiger partial charge >= 0.3 is 0 Å². The summed E-state index contributed by atoms with van der Waals surface area (Å²) < 4.78 is 28.6. The molecule has 6 nitrogen and oxygen atoms in total. The summed E-state index contributed by atoms with van der Waals surface area (Å²) in [7, 11) is 0. The van der Waals surface area contributed by atoms with Crippen molar-refractivity contribution < 1.29 is 18.9 Å². The second-order valence-corrected chi connectivity index (χ2v) is 21.4. The highest BCUT2D eigenvalue weighted by Gasteiger charge is 2.43. The van der Waals surface area contributed by atoms with E-state index < -0.39 is 0 Å². The van der Waals surface area contributed by atoms with E-state index in [1.165, 1.54) is 0 Å². The molecule has 9 heteroatoms. The summed E-state index contributed by atoms with van der Waals surface area (Å²) in [5.74, 6) is 6.48. The number of fused-ring (bicyclic) bond motifs is 8. The van der Waals surface area contributed by atoms with Gasteiger partial charge in [0.05, 0.1) is 27.2 Å². The number of para-hydroxylation sites is 4. The van der Waals surface area contributed by atoms with Gasteiger partial charge in [-0.05, 0) is 159 Å². The van der Waals surface area contributed by atoms with Gasteiger partial charge in [-0.15, -0.1) is 0 Å². The molecule has 4 heterocycles. The van der Waals surface area contributed by atoms with Crippen LogP contribution in [0.3, 0.4) is 0 Å². The third kappa shape index (κ3) is 7.15. The highest BCUT2D eigenvalue weighted by Crippen LogP contribution is 2.52. The van der Waals surface area contributed by atoms with E-state index in [4.69, 9.17) is 18.9 Å². The number of halogens is 1. The molecule has 0 bridgehead atoms. The van der Waals surface area contributed by atoms with Gasteiger partial charge in [-0.25, -0.2) is 0 Å². The van der Waals surface area contributed by atoms with Gasteiger partial charge < -0.3 is 28.7 Å². The number of hydrogen-bond donors (Lipinski definition) is 0. The Morgan fingerprint density at radius 3 is 0.944 bits per heavy atom. The van der Waals surface area contributed by atoms with Gasteiger partial charge in [0.25, 0.3) is 13.4 Å².